The third kappa shape index (κ3) is 8.26. The van der Waals surface area contributed by atoms with E-state index in [-0.39, 0.29) is 29.8 Å². The molecule has 2 amide bonds. The van der Waals surface area contributed by atoms with E-state index in [1.165, 1.54) is 24.1 Å². The molecule has 4 rings (SSSR count). The Kier molecular flexibility index (Phi) is 10.8. The Labute approximate surface area is 260 Å². The summed E-state index contributed by atoms with van der Waals surface area (Å²) < 4.78 is 34.6. The molecule has 0 fully saturated rings. The number of nitrogens with one attached hydrogen (secondary N) is 1. The first kappa shape index (κ1) is 32.3. The van der Waals surface area contributed by atoms with E-state index in [2.05, 4.69) is 5.32 Å². The number of amides is 2. The van der Waals surface area contributed by atoms with E-state index in [1.54, 1.807) is 36.4 Å². The van der Waals surface area contributed by atoms with Crippen LogP contribution in [-0.4, -0.2) is 50.9 Å². The van der Waals surface area contributed by atoms with Crippen molar-refractivity contribution in [2.45, 2.75) is 50.7 Å². The van der Waals surface area contributed by atoms with Gasteiger partial charge in [-0.15, -0.1) is 0 Å². The third-order valence-corrected chi connectivity index (χ3v) is 8.93. The molecule has 0 aromatic heterocycles. The Hall–Kier alpha value is -4.63. The molecule has 9 heteroatoms. The van der Waals surface area contributed by atoms with Crippen molar-refractivity contribution in [1.29, 1.82) is 0 Å². The van der Waals surface area contributed by atoms with Crippen molar-refractivity contribution in [3.8, 4) is 5.75 Å². The van der Waals surface area contributed by atoms with Crippen LogP contribution in [-0.2, 0) is 32.6 Å². The number of carbonyl (C=O) groups is 2. The molecule has 8 nitrogen and oxygen atoms in total. The summed E-state index contributed by atoms with van der Waals surface area (Å²) >= 11 is 0. The van der Waals surface area contributed by atoms with Crippen LogP contribution in [0, 0.1) is 6.92 Å². The highest BCUT2D eigenvalue weighted by Gasteiger charge is 2.34. The molecule has 1 N–H and O–H groups in total. The van der Waals surface area contributed by atoms with Crippen molar-refractivity contribution in [2.75, 3.05) is 18.0 Å². The van der Waals surface area contributed by atoms with Gasteiger partial charge in [0.15, 0.2) is 0 Å². The maximum absolute atomic E-state index is 14.4. The number of ether oxygens (including phenoxy) is 1. The van der Waals surface area contributed by atoms with Gasteiger partial charge in [-0.05, 0) is 68.3 Å². The molecule has 4 aromatic carbocycles. The SMILES string of the molecule is COc1ccc(N(CC(=O)N(Cc2ccccc2)[C@@H](Cc2ccccc2)C(=O)NC(C)C)S(=O)(=O)c2ccc(C)cc2)cc1. The molecule has 0 radical (unpaired) electrons. The maximum atomic E-state index is 14.4. The van der Waals surface area contributed by atoms with Gasteiger partial charge in [-0.3, -0.25) is 13.9 Å². The van der Waals surface area contributed by atoms with Crippen molar-refractivity contribution in [3.63, 3.8) is 0 Å². The minimum absolute atomic E-state index is 0.0553. The molecule has 0 heterocycles. The first-order valence-electron chi connectivity index (χ1n) is 14.5. The lowest BCUT2D eigenvalue weighted by molar-refractivity contribution is -0.140. The molecule has 44 heavy (non-hydrogen) atoms. The van der Waals surface area contributed by atoms with E-state index in [4.69, 9.17) is 4.74 Å². The molecule has 0 unspecified atom stereocenters. The molecule has 0 saturated carbocycles. The van der Waals surface area contributed by atoms with Crippen molar-refractivity contribution in [2.24, 2.45) is 0 Å². The standard InChI is InChI=1S/C35H39N3O5S/c1-26(2)36-35(40)33(23-28-11-7-5-8-12-28)37(24-29-13-9-6-10-14-29)34(39)25-38(30-17-19-31(43-4)20-18-30)44(41,42)32-21-15-27(3)16-22-32/h5-22,26,33H,23-25H2,1-4H3,(H,36,40)/t33-/m0/s1. The van der Waals surface area contributed by atoms with Crippen molar-refractivity contribution in [3.05, 3.63) is 126 Å². The Morgan fingerprint density at radius 3 is 1.91 bits per heavy atom. The first-order chi connectivity index (χ1) is 21.1. The number of rotatable bonds is 13. The predicted molar refractivity (Wildman–Crippen MR) is 173 cm³/mol. The molecular weight excluding hydrogens is 574 g/mol. The minimum Gasteiger partial charge on any atom is -0.497 e. The van der Waals surface area contributed by atoms with E-state index in [9.17, 15) is 18.0 Å². The monoisotopic (exact) mass is 613 g/mol. The molecule has 4 aromatic rings. The van der Waals surface area contributed by atoms with E-state index in [0.717, 1.165) is 21.0 Å². The average Bonchev–Trinajstić information content (AvgIpc) is 3.02. The van der Waals surface area contributed by atoms with Crippen LogP contribution in [0.3, 0.4) is 0 Å². The van der Waals surface area contributed by atoms with E-state index in [0.29, 0.717) is 11.4 Å². The number of methoxy groups -OCH3 is 1. The van der Waals surface area contributed by atoms with Gasteiger partial charge in [0.05, 0.1) is 17.7 Å². The van der Waals surface area contributed by atoms with Gasteiger partial charge < -0.3 is 15.0 Å². The first-order valence-corrected chi connectivity index (χ1v) is 15.9. The zero-order valence-electron chi connectivity index (χ0n) is 25.5. The quantitative estimate of drug-likeness (QED) is 0.219. The summed E-state index contributed by atoms with van der Waals surface area (Å²) in [5.41, 5.74) is 2.89. The summed E-state index contributed by atoms with van der Waals surface area (Å²) in [6.07, 6.45) is 0.255. The zero-order valence-corrected chi connectivity index (χ0v) is 26.3. The highest BCUT2D eigenvalue weighted by molar-refractivity contribution is 7.92. The molecule has 230 valence electrons. The lowest BCUT2D eigenvalue weighted by Gasteiger charge is -2.34. The van der Waals surface area contributed by atoms with Gasteiger partial charge in [0.25, 0.3) is 10.0 Å². The predicted octanol–water partition coefficient (Wildman–Crippen LogP) is 5.36. The van der Waals surface area contributed by atoms with Crippen molar-refractivity contribution >= 4 is 27.5 Å². The van der Waals surface area contributed by atoms with Gasteiger partial charge in [0.1, 0.15) is 18.3 Å². The second kappa shape index (κ2) is 14.7. The van der Waals surface area contributed by atoms with E-state index in [1.807, 2.05) is 81.4 Å². The van der Waals surface area contributed by atoms with Gasteiger partial charge in [-0.1, -0.05) is 78.4 Å². The second-order valence-corrected chi connectivity index (χ2v) is 12.8. The van der Waals surface area contributed by atoms with Crippen LogP contribution in [0.4, 0.5) is 5.69 Å². The number of sulfonamides is 1. The highest BCUT2D eigenvalue weighted by atomic mass is 32.2. The molecule has 0 saturated heterocycles. The van der Waals surface area contributed by atoms with Crippen LogP contribution in [0.1, 0.15) is 30.5 Å². The van der Waals surface area contributed by atoms with Crippen LogP contribution in [0.5, 0.6) is 5.75 Å². The molecule has 0 bridgehead atoms. The highest BCUT2D eigenvalue weighted by Crippen LogP contribution is 2.27. The second-order valence-electron chi connectivity index (χ2n) is 10.9. The van der Waals surface area contributed by atoms with Crippen LogP contribution >= 0.6 is 0 Å². The van der Waals surface area contributed by atoms with Gasteiger partial charge in [0, 0.05) is 19.0 Å². The molecule has 1 atom stereocenters. The Morgan fingerprint density at radius 2 is 1.36 bits per heavy atom. The van der Waals surface area contributed by atoms with E-state index < -0.39 is 28.5 Å². The topological polar surface area (TPSA) is 96.0 Å². The lowest BCUT2D eigenvalue weighted by atomic mass is 10.0. The minimum atomic E-state index is -4.17. The van der Waals surface area contributed by atoms with E-state index >= 15 is 0 Å². The fourth-order valence-corrected chi connectivity index (χ4v) is 6.24. The maximum Gasteiger partial charge on any atom is 0.264 e. The summed E-state index contributed by atoms with van der Waals surface area (Å²) in [5.74, 6) is -0.280. The molecule has 0 aliphatic carbocycles. The van der Waals surface area contributed by atoms with Gasteiger partial charge in [-0.25, -0.2) is 8.42 Å². The normalized spacial score (nSPS) is 11.9. The zero-order chi connectivity index (χ0) is 31.7. The van der Waals surface area contributed by atoms with Gasteiger partial charge >= 0.3 is 0 Å². The summed E-state index contributed by atoms with van der Waals surface area (Å²) in [7, 11) is -2.65. The van der Waals surface area contributed by atoms with Gasteiger partial charge in [-0.2, -0.15) is 0 Å². The summed E-state index contributed by atoms with van der Waals surface area (Å²) in [6, 6.07) is 30.8. The molecule has 0 aliphatic heterocycles. The Balaban J connectivity index is 1.79. The number of hydrogen-bond donors (Lipinski definition) is 1. The number of carbonyl (C=O) groups excluding carboxylic acids is 2. The summed E-state index contributed by atoms with van der Waals surface area (Å²) in [5, 5.41) is 2.96. The number of nitrogens with zero attached hydrogens (tertiary/aromatic N) is 2. The van der Waals surface area contributed by atoms with Crippen LogP contribution in [0.25, 0.3) is 0 Å². The Morgan fingerprint density at radius 1 is 0.795 bits per heavy atom. The summed E-state index contributed by atoms with van der Waals surface area (Å²) in [4.78, 5) is 29.7. The summed E-state index contributed by atoms with van der Waals surface area (Å²) in [6.45, 7) is 5.19. The lowest BCUT2D eigenvalue weighted by Crippen LogP contribution is -2.54. The third-order valence-electron chi connectivity index (χ3n) is 7.15. The number of aryl methyl sites for hydroxylation is 1. The fraction of sp³-hybridized carbons (Fsp3) is 0.257. The Bertz CT molecular complexity index is 1630. The largest absolute Gasteiger partial charge is 0.497 e. The number of benzene rings is 4. The number of anilines is 1. The van der Waals surface area contributed by atoms with Crippen LogP contribution in [0.15, 0.2) is 114 Å². The smallest absolute Gasteiger partial charge is 0.264 e. The molecular formula is C35H39N3O5S. The van der Waals surface area contributed by atoms with Crippen molar-refractivity contribution < 1.29 is 22.7 Å². The van der Waals surface area contributed by atoms with Crippen LogP contribution in [0.2, 0.25) is 0 Å². The number of hydrogen-bond acceptors (Lipinski definition) is 5. The molecule has 0 spiro atoms. The van der Waals surface area contributed by atoms with Gasteiger partial charge in [0.2, 0.25) is 11.8 Å². The average molecular weight is 614 g/mol. The van der Waals surface area contributed by atoms with Crippen molar-refractivity contribution in [1.82, 2.24) is 10.2 Å². The fourth-order valence-electron chi connectivity index (χ4n) is 4.83. The molecule has 0 aliphatic rings. The van der Waals surface area contributed by atoms with Crippen LogP contribution < -0.4 is 14.4 Å².